The lowest BCUT2D eigenvalue weighted by atomic mass is 10.1. The maximum absolute atomic E-state index is 11.4. The van der Waals surface area contributed by atoms with Gasteiger partial charge in [0.15, 0.2) is 5.82 Å². The molecule has 1 aliphatic rings. The summed E-state index contributed by atoms with van der Waals surface area (Å²) in [6, 6.07) is 13.7. The number of amides is 1. The molecule has 24 heavy (non-hydrogen) atoms. The zero-order valence-electron chi connectivity index (χ0n) is 13.1. The molecule has 0 unspecified atom stereocenters. The van der Waals surface area contributed by atoms with Gasteiger partial charge in [-0.2, -0.15) is 10.2 Å². The van der Waals surface area contributed by atoms with Crippen molar-refractivity contribution >= 4 is 33.9 Å². The highest BCUT2D eigenvalue weighted by Gasteiger charge is 2.17. The van der Waals surface area contributed by atoms with Gasteiger partial charge in [-0.15, -0.1) is 5.10 Å². The molecular weight excluding hydrogens is 302 g/mol. The first-order chi connectivity index (χ1) is 11.7. The summed E-state index contributed by atoms with van der Waals surface area (Å²) in [5, 5.41) is 17.3. The third kappa shape index (κ3) is 2.58. The summed E-state index contributed by atoms with van der Waals surface area (Å²) in [6.45, 7) is 1.91. The molecule has 0 aliphatic carbocycles. The minimum atomic E-state index is 0.0286. The molecule has 2 heterocycles. The van der Waals surface area contributed by atoms with Crippen LogP contribution in [0.5, 0.6) is 0 Å². The van der Waals surface area contributed by atoms with E-state index in [1.54, 1.807) is 6.20 Å². The van der Waals surface area contributed by atoms with E-state index in [0.29, 0.717) is 12.2 Å². The molecule has 6 nitrogen and oxygen atoms in total. The van der Waals surface area contributed by atoms with Gasteiger partial charge in [0.2, 0.25) is 5.91 Å². The molecule has 2 N–H and O–H groups in total. The molecule has 0 saturated heterocycles. The molecule has 2 aromatic carbocycles. The number of hydrogen-bond donors (Lipinski definition) is 2. The van der Waals surface area contributed by atoms with Crippen LogP contribution in [0.15, 0.2) is 53.8 Å². The number of anilines is 2. The first kappa shape index (κ1) is 14.3. The van der Waals surface area contributed by atoms with Gasteiger partial charge in [0.05, 0.1) is 18.3 Å². The number of aromatic nitrogens is 2. The second-order valence-electron chi connectivity index (χ2n) is 5.69. The van der Waals surface area contributed by atoms with Crippen molar-refractivity contribution in [3.63, 3.8) is 0 Å². The van der Waals surface area contributed by atoms with Gasteiger partial charge in [-0.25, -0.2) is 0 Å². The second-order valence-corrected chi connectivity index (χ2v) is 5.69. The van der Waals surface area contributed by atoms with Gasteiger partial charge in [0.25, 0.3) is 0 Å². The standard InChI is InChI=1S/C18H15N5O/c1-11(12-6-7-16-14(8-12)9-17(24)20-16)21-23-18-15-5-3-2-4-13(15)10-19-22-18/h2-8,10H,9H2,1H3,(H,20,24)(H,22,23). The number of carbonyl (C=O) groups excluding carboxylic acids is 1. The lowest BCUT2D eigenvalue weighted by Gasteiger charge is -2.06. The van der Waals surface area contributed by atoms with E-state index in [4.69, 9.17) is 0 Å². The molecule has 0 radical (unpaired) electrons. The van der Waals surface area contributed by atoms with Gasteiger partial charge in [0, 0.05) is 16.5 Å². The third-order valence-electron chi connectivity index (χ3n) is 4.05. The van der Waals surface area contributed by atoms with Crippen LogP contribution >= 0.6 is 0 Å². The van der Waals surface area contributed by atoms with Gasteiger partial charge < -0.3 is 5.32 Å². The Morgan fingerprint density at radius 3 is 3.04 bits per heavy atom. The summed E-state index contributed by atoms with van der Waals surface area (Å²) >= 11 is 0. The summed E-state index contributed by atoms with van der Waals surface area (Å²) in [4.78, 5) is 11.4. The molecular formula is C18H15N5O. The van der Waals surface area contributed by atoms with Crippen LogP contribution in [-0.2, 0) is 11.2 Å². The Balaban J connectivity index is 1.62. The fraction of sp³-hybridized carbons (Fsp3) is 0.111. The Morgan fingerprint density at radius 1 is 1.25 bits per heavy atom. The van der Waals surface area contributed by atoms with Gasteiger partial charge in [-0.1, -0.05) is 30.3 Å². The highest BCUT2D eigenvalue weighted by Crippen LogP contribution is 2.24. The van der Waals surface area contributed by atoms with E-state index in [0.717, 1.165) is 33.3 Å². The molecule has 118 valence electrons. The number of carbonyl (C=O) groups is 1. The Labute approximate surface area is 138 Å². The summed E-state index contributed by atoms with van der Waals surface area (Å²) in [5.41, 5.74) is 6.65. The van der Waals surface area contributed by atoms with E-state index in [9.17, 15) is 4.79 Å². The van der Waals surface area contributed by atoms with E-state index >= 15 is 0 Å². The zero-order chi connectivity index (χ0) is 16.5. The smallest absolute Gasteiger partial charge is 0.228 e. The normalized spacial score (nSPS) is 13.7. The molecule has 0 saturated carbocycles. The minimum Gasteiger partial charge on any atom is -0.326 e. The number of hydrazone groups is 1. The van der Waals surface area contributed by atoms with Crippen LogP contribution in [0.1, 0.15) is 18.1 Å². The Hall–Kier alpha value is -3.28. The molecule has 1 aliphatic heterocycles. The van der Waals surface area contributed by atoms with Gasteiger partial charge in [-0.3, -0.25) is 10.2 Å². The van der Waals surface area contributed by atoms with Crippen LogP contribution in [0.2, 0.25) is 0 Å². The Bertz CT molecular complexity index is 975. The average Bonchev–Trinajstić information content (AvgIpc) is 2.98. The number of fused-ring (bicyclic) bond motifs is 2. The molecule has 3 aromatic rings. The van der Waals surface area contributed by atoms with E-state index in [2.05, 4.69) is 26.0 Å². The van der Waals surface area contributed by atoms with Crippen LogP contribution in [0.4, 0.5) is 11.5 Å². The highest BCUT2D eigenvalue weighted by molar-refractivity contribution is 6.03. The summed E-state index contributed by atoms with van der Waals surface area (Å²) in [5.74, 6) is 0.645. The third-order valence-corrected chi connectivity index (χ3v) is 4.05. The van der Waals surface area contributed by atoms with E-state index < -0.39 is 0 Å². The zero-order valence-corrected chi connectivity index (χ0v) is 13.1. The number of benzene rings is 2. The monoisotopic (exact) mass is 317 g/mol. The highest BCUT2D eigenvalue weighted by atomic mass is 16.1. The first-order valence-electron chi connectivity index (χ1n) is 7.64. The largest absolute Gasteiger partial charge is 0.326 e. The summed E-state index contributed by atoms with van der Waals surface area (Å²) in [7, 11) is 0. The van der Waals surface area contributed by atoms with Gasteiger partial charge in [0.1, 0.15) is 0 Å². The Morgan fingerprint density at radius 2 is 2.12 bits per heavy atom. The number of rotatable bonds is 3. The van der Waals surface area contributed by atoms with Gasteiger partial charge >= 0.3 is 0 Å². The van der Waals surface area contributed by atoms with E-state index in [1.165, 1.54) is 0 Å². The van der Waals surface area contributed by atoms with Crippen molar-refractivity contribution in [2.75, 3.05) is 10.7 Å². The predicted molar refractivity (Wildman–Crippen MR) is 94.1 cm³/mol. The summed E-state index contributed by atoms with van der Waals surface area (Å²) in [6.07, 6.45) is 2.14. The molecule has 4 rings (SSSR count). The molecule has 0 atom stereocenters. The van der Waals surface area contributed by atoms with Crippen LogP contribution < -0.4 is 10.7 Å². The van der Waals surface area contributed by atoms with Crippen LogP contribution in [0, 0.1) is 0 Å². The fourth-order valence-corrected chi connectivity index (χ4v) is 2.77. The van der Waals surface area contributed by atoms with Crippen molar-refractivity contribution in [2.45, 2.75) is 13.3 Å². The number of nitrogens with one attached hydrogen (secondary N) is 2. The molecule has 0 spiro atoms. The van der Waals surface area contributed by atoms with Crippen molar-refractivity contribution in [1.82, 2.24) is 10.2 Å². The predicted octanol–water partition coefficient (Wildman–Crippen LogP) is 2.96. The molecule has 0 bridgehead atoms. The van der Waals surface area contributed by atoms with Crippen LogP contribution in [0.25, 0.3) is 10.8 Å². The van der Waals surface area contributed by atoms with E-state index in [1.807, 2.05) is 49.4 Å². The van der Waals surface area contributed by atoms with E-state index in [-0.39, 0.29) is 5.91 Å². The molecule has 1 amide bonds. The molecule has 1 aromatic heterocycles. The van der Waals surface area contributed by atoms with Gasteiger partial charge in [-0.05, 0) is 30.2 Å². The van der Waals surface area contributed by atoms with Crippen molar-refractivity contribution in [1.29, 1.82) is 0 Å². The molecule has 6 heteroatoms. The lowest BCUT2D eigenvalue weighted by Crippen LogP contribution is -2.03. The van der Waals surface area contributed by atoms with Crippen molar-refractivity contribution < 1.29 is 4.79 Å². The molecule has 0 fully saturated rings. The number of hydrogen-bond acceptors (Lipinski definition) is 5. The lowest BCUT2D eigenvalue weighted by molar-refractivity contribution is -0.115. The topological polar surface area (TPSA) is 79.3 Å². The fourth-order valence-electron chi connectivity index (χ4n) is 2.77. The second kappa shape index (κ2) is 5.73. The number of nitrogens with zero attached hydrogens (tertiary/aromatic N) is 3. The Kier molecular flexibility index (Phi) is 3.42. The maximum atomic E-state index is 11.4. The summed E-state index contributed by atoms with van der Waals surface area (Å²) < 4.78 is 0. The maximum Gasteiger partial charge on any atom is 0.228 e. The first-order valence-corrected chi connectivity index (χ1v) is 7.64. The van der Waals surface area contributed by atoms with Crippen molar-refractivity contribution in [3.8, 4) is 0 Å². The SMILES string of the molecule is CC(=NNc1nncc2ccccc12)c1ccc2c(c1)CC(=O)N2. The van der Waals surface area contributed by atoms with Crippen molar-refractivity contribution in [3.05, 3.63) is 59.8 Å². The average molecular weight is 317 g/mol. The minimum absolute atomic E-state index is 0.0286. The quantitative estimate of drug-likeness (QED) is 0.575. The van der Waals surface area contributed by atoms with Crippen molar-refractivity contribution in [2.24, 2.45) is 5.10 Å². The van der Waals surface area contributed by atoms with Crippen LogP contribution in [-0.4, -0.2) is 21.8 Å². The van der Waals surface area contributed by atoms with Crippen LogP contribution in [0.3, 0.4) is 0 Å².